The number of hydrogen-bond acceptors (Lipinski definition) is 5. The van der Waals surface area contributed by atoms with E-state index in [4.69, 9.17) is 5.26 Å². The van der Waals surface area contributed by atoms with Crippen LogP contribution in [0.2, 0.25) is 0 Å². The first-order valence-electron chi connectivity index (χ1n) is 6.34. The van der Waals surface area contributed by atoms with Crippen molar-refractivity contribution in [2.24, 2.45) is 5.92 Å². The minimum Gasteiger partial charge on any atom is -0.396 e. The van der Waals surface area contributed by atoms with Crippen LogP contribution in [-0.2, 0) is 0 Å². The summed E-state index contributed by atoms with van der Waals surface area (Å²) in [5, 5.41) is 21.3. The van der Waals surface area contributed by atoms with Gasteiger partial charge in [0.15, 0.2) is 0 Å². The van der Waals surface area contributed by atoms with Gasteiger partial charge in [-0.1, -0.05) is 6.42 Å². The van der Waals surface area contributed by atoms with Crippen LogP contribution in [0.1, 0.15) is 37.1 Å². The number of nitriles is 1. The van der Waals surface area contributed by atoms with Gasteiger partial charge < -0.3 is 10.4 Å². The number of rotatable bonds is 3. The van der Waals surface area contributed by atoms with Crippen molar-refractivity contribution in [3.05, 3.63) is 17.5 Å². The maximum Gasteiger partial charge on any atom is 0.224 e. The second-order valence-electron chi connectivity index (χ2n) is 4.89. The predicted octanol–water partition coefficient (Wildman–Crippen LogP) is 1.62. The van der Waals surface area contributed by atoms with Gasteiger partial charge >= 0.3 is 0 Å². The summed E-state index contributed by atoms with van der Waals surface area (Å²) in [6.07, 6.45) is 4.21. The van der Waals surface area contributed by atoms with Crippen molar-refractivity contribution in [3.63, 3.8) is 0 Å². The van der Waals surface area contributed by atoms with Gasteiger partial charge in [0.2, 0.25) is 5.95 Å². The SMILES string of the molecule is Cc1cc(C#N)nc(NC2CCCC(CO)C2)n1. The van der Waals surface area contributed by atoms with Crippen molar-refractivity contribution in [1.29, 1.82) is 5.26 Å². The zero-order valence-corrected chi connectivity index (χ0v) is 10.6. The van der Waals surface area contributed by atoms with Crippen LogP contribution in [0.3, 0.4) is 0 Å². The summed E-state index contributed by atoms with van der Waals surface area (Å²) < 4.78 is 0. The number of anilines is 1. The maximum atomic E-state index is 9.20. The highest BCUT2D eigenvalue weighted by Crippen LogP contribution is 2.25. The topological polar surface area (TPSA) is 81.8 Å². The van der Waals surface area contributed by atoms with Crippen LogP contribution >= 0.6 is 0 Å². The molecule has 2 unspecified atom stereocenters. The van der Waals surface area contributed by atoms with Crippen molar-refractivity contribution in [2.45, 2.75) is 38.6 Å². The molecule has 5 heteroatoms. The Bertz CT molecular complexity index is 455. The standard InChI is InChI=1S/C13H18N4O/c1-9-5-12(7-14)17-13(15-9)16-11-4-2-3-10(6-11)8-18/h5,10-11,18H,2-4,6,8H2,1H3,(H,15,16,17). The Hall–Kier alpha value is -1.67. The highest BCUT2D eigenvalue weighted by Gasteiger charge is 2.21. The number of aromatic nitrogens is 2. The number of aryl methyl sites for hydroxylation is 1. The highest BCUT2D eigenvalue weighted by molar-refractivity contribution is 5.33. The molecule has 0 aliphatic heterocycles. The molecule has 2 atom stereocenters. The van der Waals surface area contributed by atoms with Gasteiger partial charge in [-0.3, -0.25) is 0 Å². The van der Waals surface area contributed by atoms with E-state index in [-0.39, 0.29) is 6.61 Å². The second kappa shape index (κ2) is 5.78. The molecule has 18 heavy (non-hydrogen) atoms. The molecule has 0 saturated heterocycles. The fourth-order valence-electron chi connectivity index (χ4n) is 2.46. The molecule has 2 N–H and O–H groups in total. The van der Waals surface area contributed by atoms with Crippen molar-refractivity contribution >= 4 is 5.95 Å². The lowest BCUT2D eigenvalue weighted by molar-refractivity contribution is 0.184. The van der Waals surface area contributed by atoms with E-state index in [9.17, 15) is 5.11 Å². The van der Waals surface area contributed by atoms with E-state index < -0.39 is 0 Å². The molecule has 0 amide bonds. The van der Waals surface area contributed by atoms with E-state index in [1.54, 1.807) is 6.07 Å². The average molecular weight is 246 g/mol. The van der Waals surface area contributed by atoms with E-state index in [2.05, 4.69) is 15.3 Å². The summed E-state index contributed by atoms with van der Waals surface area (Å²) in [7, 11) is 0. The van der Waals surface area contributed by atoms with Gasteiger partial charge in [0.25, 0.3) is 0 Å². The van der Waals surface area contributed by atoms with Crippen molar-refractivity contribution < 1.29 is 5.11 Å². The zero-order valence-electron chi connectivity index (χ0n) is 10.6. The monoisotopic (exact) mass is 246 g/mol. The van der Waals surface area contributed by atoms with Crippen LogP contribution in [0.15, 0.2) is 6.07 Å². The van der Waals surface area contributed by atoms with Crippen LogP contribution in [0.4, 0.5) is 5.95 Å². The largest absolute Gasteiger partial charge is 0.396 e. The Morgan fingerprint density at radius 1 is 1.50 bits per heavy atom. The van der Waals surface area contributed by atoms with Crippen molar-refractivity contribution in [1.82, 2.24) is 9.97 Å². The summed E-state index contributed by atoms with van der Waals surface area (Å²) in [6.45, 7) is 2.10. The normalized spacial score (nSPS) is 23.4. The molecule has 1 fully saturated rings. The second-order valence-corrected chi connectivity index (χ2v) is 4.89. The van der Waals surface area contributed by atoms with Crippen molar-refractivity contribution in [2.75, 3.05) is 11.9 Å². The first-order valence-corrected chi connectivity index (χ1v) is 6.34. The summed E-state index contributed by atoms with van der Waals surface area (Å²) in [4.78, 5) is 8.44. The van der Waals surface area contributed by atoms with Gasteiger partial charge in [-0.25, -0.2) is 9.97 Å². The first-order chi connectivity index (χ1) is 8.71. The van der Waals surface area contributed by atoms with Crippen LogP contribution in [0.5, 0.6) is 0 Å². The molecule has 0 aromatic carbocycles. The Kier molecular flexibility index (Phi) is 4.11. The number of aliphatic hydroxyl groups excluding tert-OH is 1. The van der Waals surface area contributed by atoms with Gasteiger partial charge in [0, 0.05) is 18.3 Å². The molecule has 1 aliphatic rings. The zero-order chi connectivity index (χ0) is 13.0. The molecule has 1 heterocycles. The molecule has 96 valence electrons. The van der Waals surface area contributed by atoms with E-state index in [0.717, 1.165) is 31.4 Å². The third-order valence-electron chi connectivity index (χ3n) is 3.34. The van der Waals surface area contributed by atoms with E-state index in [1.807, 2.05) is 13.0 Å². The van der Waals surface area contributed by atoms with Gasteiger partial charge in [-0.15, -0.1) is 0 Å². The Balaban J connectivity index is 2.05. The fraction of sp³-hybridized carbons (Fsp3) is 0.615. The maximum absolute atomic E-state index is 9.20. The Morgan fingerprint density at radius 2 is 2.33 bits per heavy atom. The molecular weight excluding hydrogens is 228 g/mol. The summed E-state index contributed by atoms with van der Waals surface area (Å²) in [6, 6.07) is 4.00. The molecular formula is C13H18N4O. The first kappa shape index (κ1) is 12.8. The van der Waals surface area contributed by atoms with Crippen LogP contribution in [-0.4, -0.2) is 27.7 Å². The number of nitrogens with one attached hydrogen (secondary N) is 1. The quantitative estimate of drug-likeness (QED) is 0.847. The van der Waals surface area contributed by atoms with E-state index in [0.29, 0.717) is 23.6 Å². The number of nitrogens with zero attached hydrogens (tertiary/aromatic N) is 3. The van der Waals surface area contributed by atoms with Crippen LogP contribution in [0.25, 0.3) is 0 Å². The fourth-order valence-corrected chi connectivity index (χ4v) is 2.46. The molecule has 1 aromatic rings. The molecule has 0 bridgehead atoms. The average Bonchev–Trinajstić information content (AvgIpc) is 2.38. The van der Waals surface area contributed by atoms with Gasteiger partial charge in [-0.2, -0.15) is 5.26 Å². The summed E-state index contributed by atoms with van der Waals surface area (Å²) >= 11 is 0. The Labute approximate surface area is 107 Å². The molecule has 1 saturated carbocycles. The molecule has 1 aliphatic carbocycles. The lowest BCUT2D eigenvalue weighted by Crippen LogP contribution is -2.29. The highest BCUT2D eigenvalue weighted by atomic mass is 16.3. The molecule has 0 spiro atoms. The lowest BCUT2D eigenvalue weighted by Gasteiger charge is -2.28. The Morgan fingerprint density at radius 3 is 3.06 bits per heavy atom. The van der Waals surface area contributed by atoms with Crippen LogP contribution < -0.4 is 5.32 Å². The van der Waals surface area contributed by atoms with Gasteiger partial charge in [0.05, 0.1) is 0 Å². The van der Waals surface area contributed by atoms with Crippen molar-refractivity contribution in [3.8, 4) is 6.07 Å². The third-order valence-corrected chi connectivity index (χ3v) is 3.34. The van der Waals surface area contributed by atoms with Crippen LogP contribution in [0, 0.1) is 24.2 Å². The minimum absolute atomic E-state index is 0.246. The smallest absolute Gasteiger partial charge is 0.224 e. The molecule has 2 rings (SSSR count). The lowest BCUT2D eigenvalue weighted by atomic mass is 9.86. The third kappa shape index (κ3) is 3.17. The summed E-state index contributed by atoms with van der Waals surface area (Å²) in [5.41, 5.74) is 1.18. The molecule has 5 nitrogen and oxygen atoms in total. The number of hydrogen-bond donors (Lipinski definition) is 2. The predicted molar refractivity (Wildman–Crippen MR) is 67.9 cm³/mol. The van der Waals surface area contributed by atoms with Gasteiger partial charge in [-0.05, 0) is 38.2 Å². The molecule has 1 aromatic heterocycles. The van der Waals surface area contributed by atoms with E-state index in [1.165, 1.54) is 0 Å². The molecule has 0 radical (unpaired) electrons. The van der Waals surface area contributed by atoms with E-state index >= 15 is 0 Å². The van der Waals surface area contributed by atoms with Gasteiger partial charge in [0.1, 0.15) is 11.8 Å². The minimum atomic E-state index is 0.246. The summed E-state index contributed by atoms with van der Waals surface area (Å²) in [5.74, 6) is 0.895. The number of aliphatic hydroxyl groups is 1.